The minimum Gasteiger partial charge on any atom is -0.462 e. The van der Waals surface area contributed by atoms with Crippen LogP contribution in [0, 0.1) is 0 Å². The maximum Gasteiger partial charge on any atom is 0.341 e. The first-order chi connectivity index (χ1) is 9.54. The number of imidazole rings is 1. The van der Waals surface area contributed by atoms with E-state index < -0.39 is 0 Å². The fourth-order valence-electron chi connectivity index (χ4n) is 1.90. The summed E-state index contributed by atoms with van der Waals surface area (Å²) in [5, 5.41) is 0. The van der Waals surface area contributed by atoms with Crippen molar-refractivity contribution < 1.29 is 9.53 Å². The molecule has 0 aliphatic rings. The molecule has 0 fully saturated rings. The molecule has 0 atom stereocenters. The highest BCUT2D eigenvalue weighted by Crippen LogP contribution is 2.21. The molecule has 0 spiro atoms. The van der Waals surface area contributed by atoms with Gasteiger partial charge in [-0.2, -0.15) is 0 Å². The summed E-state index contributed by atoms with van der Waals surface area (Å²) in [4.78, 5) is 24.7. The topological polar surface area (TPSA) is 69.9 Å². The van der Waals surface area contributed by atoms with Crippen molar-refractivity contribution in [2.24, 2.45) is 7.05 Å². The van der Waals surface area contributed by atoms with Gasteiger partial charge < -0.3 is 9.30 Å². The Morgan fingerprint density at radius 3 is 2.70 bits per heavy atom. The molecule has 0 unspecified atom stereocenters. The molecule has 2 aromatic heterocycles. The molecule has 0 saturated heterocycles. The Bertz CT molecular complexity index is 619. The summed E-state index contributed by atoms with van der Waals surface area (Å²) in [5.74, 6) is 0.277. The van der Waals surface area contributed by atoms with Gasteiger partial charge in [-0.1, -0.05) is 13.8 Å². The molecule has 0 amide bonds. The Morgan fingerprint density at radius 1 is 1.40 bits per heavy atom. The van der Waals surface area contributed by atoms with Crippen molar-refractivity contribution >= 4 is 5.97 Å². The molecule has 0 N–H and O–H groups in total. The standard InChI is InChI=1S/C14H18N4O2/c1-5-20-14(19)10-6-16-13(17-12(10)9(2)3)11-7-15-8-18(11)4/h6-9H,5H2,1-4H3. The van der Waals surface area contributed by atoms with Crippen molar-refractivity contribution in [3.63, 3.8) is 0 Å². The highest BCUT2D eigenvalue weighted by molar-refractivity contribution is 5.90. The summed E-state index contributed by atoms with van der Waals surface area (Å²) < 4.78 is 6.87. The lowest BCUT2D eigenvalue weighted by atomic mass is 10.1. The molecular formula is C14H18N4O2. The third-order valence-corrected chi connectivity index (χ3v) is 2.91. The number of nitrogens with zero attached hydrogens (tertiary/aromatic N) is 4. The Hall–Kier alpha value is -2.24. The van der Waals surface area contributed by atoms with Crippen LogP contribution in [0.5, 0.6) is 0 Å². The molecule has 20 heavy (non-hydrogen) atoms. The molecule has 6 nitrogen and oxygen atoms in total. The van der Waals surface area contributed by atoms with Crippen molar-refractivity contribution in [2.75, 3.05) is 6.61 Å². The van der Waals surface area contributed by atoms with Gasteiger partial charge in [0.2, 0.25) is 0 Å². The summed E-state index contributed by atoms with van der Waals surface area (Å²) in [6, 6.07) is 0. The molecule has 106 valence electrons. The summed E-state index contributed by atoms with van der Waals surface area (Å²) in [7, 11) is 1.87. The van der Waals surface area contributed by atoms with E-state index in [-0.39, 0.29) is 11.9 Å². The first-order valence-corrected chi connectivity index (χ1v) is 6.55. The first kappa shape index (κ1) is 14.2. The average Bonchev–Trinajstić information content (AvgIpc) is 2.84. The molecule has 0 radical (unpaired) electrons. The van der Waals surface area contributed by atoms with Crippen LogP contribution in [0.15, 0.2) is 18.7 Å². The lowest BCUT2D eigenvalue weighted by molar-refractivity contribution is 0.0523. The van der Waals surface area contributed by atoms with Crippen LogP contribution in [0.25, 0.3) is 11.5 Å². The van der Waals surface area contributed by atoms with E-state index in [1.807, 2.05) is 25.5 Å². The summed E-state index contributed by atoms with van der Waals surface area (Å²) in [6.45, 7) is 6.08. The number of carbonyl (C=O) groups is 1. The van der Waals surface area contributed by atoms with Crippen LogP contribution in [0.2, 0.25) is 0 Å². The molecule has 2 aromatic rings. The monoisotopic (exact) mass is 274 g/mol. The average molecular weight is 274 g/mol. The van der Waals surface area contributed by atoms with E-state index in [9.17, 15) is 4.79 Å². The second-order valence-corrected chi connectivity index (χ2v) is 4.76. The van der Waals surface area contributed by atoms with Crippen LogP contribution < -0.4 is 0 Å². The van der Waals surface area contributed by atoms with Gasteiger partial charge >= 0.3 is 5.97 Å². The van der Waals surface area contributed by atoms with E-state index in [4.69, 9.17) is 4.74 Å². The number of esters is 1. The Kier molecular flexibility index (Phi) is 4.12. The smallest absolute Gasteiger partial charge is 0.341 e. The summed E-state index contributed by atoms with van der Waals surface area (Å²) >= 11 is 0. The highest BCUT2D eigenvalue weighted by atomic mass is 16.5. The molecule has 2 rings (SSSR count). The molecule has 0 bridgehead atoms. The fraction of sp³-hybridized carbons (Fsp3) is 0.429. The third-order valence-electron chi connectivity index (χ3n) is 2.91. The van der Waals surface area contributed by atoms with Crippen LogP contribution in [0.4, 0.5) is 0 Å². The van der Waals surface area contributed by atoms with Gasteiger partial charge in [-0.25, -0.2) is 19.7 Å². The van der Waals surface area contributed by atoms with Crippen LogP contribution in [-0.4, -0.2) is 32.1 Å². The van der Waals surface area contributed by atoms with Gasteiger partial charge in [0, 0.05) is 13.2 Å². The molecule has 0 aliphatic carbocycles. The zero-order chi connectivity index (χ0) is 14.7. The number of aromatic nitrogens is 4. The fourth-order valence-corrected chi connectivity index (χ4v) is 1.90. The second kappa shape index (κ2) is 5.81. The molecule has 0 saturated carbocycles. The normalized spacial score (nSPS) is 10.8. The number of carbonyl (C=O) groups excluding carboxylic acids is 1. The Morgan fingerprint density at radius 2 is 2.15 bits per heavy atom. The van der Waals surface area contributed by atoms with E-state index in [0.717, 1.165) is 5.69 Å². The number of aryl methyl sites for hydroxylation is 1. The maximum absolute atomic E-state index is 11.9. The minimum atomic E-state index is -0.382. The van der Waals surface area contributed by atoms with Crippen LogP contribution >= 0.6 is 0 Å². The van der Waals surface area contributed by atoms with Crippen LogP contribution in [0.3, 0.4) is 0 Å². The number of hydrogen-bond donors (Lipinski definition) is 0. The van der Waals surface area contributed by atoms with E-state index in [2.05, 4.69) is 15.0 Å². The largest absolute Gasteiger partial charge is 0.462 e. The molecule has 6 heteroatoms. The number of hydrogen-bond acceptors (Lipinski definition) is 5. The van der Waals surface area contributed by atoms with Crippen molar-refractivity contribution in [2.45, 2.75) is 26.7 Å². The van der Waals surface area contributed by atoms with Gasteiger partial charge in [0.25, 0.3) is 0 Å². The summed E-state index contributed by atoms with van der Waals surface area (Å²) in [5.41, 5.74) is 1.92. The van der Waals surface area contributed by atoms with Crippen molar-refractivity contribution in [3.05, 3.63) is 30.0 Å². The zero-order valence-electron chi connectivity index (χ0n) is 12.1. The molecule has 2 heterocycles. The maximum atomic E-state index is 11.9. The number of ether oxygens (including phenoxy) is 1. The molecule has 0 aromatic carbocycles. The van der Waals surface area contributed by atoms with Crippen LogP contribution in [-0.2, 0) is 11.8 Å². The van der Waals surface area contributed by atoms with Crippen molar-refractivity contribution in [1.29, 1.82) is 0 Å². The molecule has 0 aliphatic heterocycles. The SMILES string of the molecule is CCOC(=O)c1cnc(-c2cncn2C)nc1C(C)C. The lowest BCUT2D eigenvalue weighted by Gasteiger charge is -2.12. The highest BCUT2D eigenvalue weighted by Gasteiger charge is 2.19. The van der Waals surface area contributed by atoms with E-state index in [0.29, 0.717) is 23.7 Å². The summed E-state index contributed by atoms with van der Waals surface area (Å²) in [6.07, 6.45) is 4.92. The van der Waals surface area contributed by atoms with Gasteiger partial charge in [0.1, 0.15) is 5.69 Å². The first-order valence-electron chi connectivity index (χ1n) is 6.55. The van der Waals surface area contributed by atoms with Crippen molar-refractivity contribution in [3.8, 4) is 11.5 Å². The van der Waals surface area contributed by atoms with Crippen molar-refractivity contribution in [1.82, 2.24) is 19.5 Å². The molecular weight excluding hydrogens is 256 g/mol. The second-order valence-electron chi connectivity index (χ2n) is 4.76. The van der Waals surface area contributed by atoms with Gasteiger partial charge in [-0.15, -0.1) is 0 Å². The predicted octanol–water partition coefficient (Wildman–Crippen LogP) is 2.18. The van der Waals surface area contributed by atoms with Gasteiger partial charge in [-0.3, -0.25) is 0 Å². The van der Waals surface area contributed by atoms with Gasteiger partial charge in [0.05, 0.1) is 30.4 Å². The quantitative estimate of drug-likeness (QED) is 0.799. The Balaban J connectivity index is 2.48. The van der Waals surface area contributed by atoms with Crippen LogP contribution in [0.1, 0.15) is 42.7 Å². The van der Waals surface area contributed by atoms with Gasteiger partial charge in [-0.05, 0) is 12.8 Å². The Labute approximate surface area is 117 Å². The van der Waals surface area contributed by atoms with E-state index in [1.165, 1.54) is 6.20 Å². The number of rotatable bonds is 4. The van der Waals surface area contributed by atoms with Gasteiger partial charge in [0.15, 0.2) is 5.82 Å². The van der Waals surface area contributed by atoms with E-state index in [1.54, 1.807) is 19.4 Å². The zero-order valence-corrected chi connectivity index (χ0v) is 12.1. The van der Waals surface area contributed by atoms with E-state index >= 15 is 0 Å². The third kappa shape index (κ3) is 2.68. The lowest BCUT2D eigenvalue weighted by Crippen LogP contribution is -2.12. The predicted molar refractivity (Wildman–Crippen MR) is 74.3 cm³/mol. The minimum absolute atomic E-state index is 0.101.